The molecule has 1 atom stereocenters. The third-order valence-corrected chi connectivity index (χ3v) is 4.31. The van der Waals surface area contributed by atoms with E-state index in [1.807, 2.05) is 18.3 Å². The van der Waals surface area contributed by atoms with Crippen LogP contribution >= 0.6 is 0 Å². The third-order valence-electron chi connectivity index (χ3n) is 4.31. The monoisotopic (exact) mass is 287 g/mol. The van der Waals surface area contributed by atoms with Gasteiger partial charge in [-0.15, -0.1) is 0 Å². The lowest BCUT2D eigenvalue weighted by atomic mass is 9.91. The van der Waals surface area contributed by atoms with Crippen LogP contribution in [0.15, 0.2) is 36.8 Å². The van der Waals surface area contributed by atoms with Crippen LogP contribution in [0.4, 0.5) is 4.39 Å². The zero-order valence-electron chi connectivity index (χ0n) is 12.3. The van der Waals surface area contributed by atoms with Crippen molar-refractivity contribution in [1.29, 1.82) is 0 Å². The van der Waals surface area contributed by atoms with E-state index in [4.69, 9.17) is 0 Å². The highest BCUT2D eigenvalue weighted by molar-refractivity contribution is 5.16. The van der Waals surface area contributed by atoms with E-state index in [9.17, 15) is 4.39 Å². The van der Waals surface area contributed by atoms with Crippen LogP contribution in [0.3, 0.4) is 0 Å². The fourth-order valence-corrected chi connectivity index (χ4v) is 3.16. The number of nitrogens with zero attached hydrogens (tertiary/aromatic N) is 2. The summed E-state index contributed by atoms with van der Waals surface area (Å²) in [4.78, 5) is 9.76. The summed E-state index contributed by atoms with van der Waals surface area (Å²) in [5, 5.41) is 0. The molecule has 0 aliphatic carbocycles. The number of halogens is 1. The van der Waals surface area contributed by atoms with Crippen LogP contribution in [0.25, 0.3) is 0 Å². The predicted octanol–water partition coefficient (Wildman–Crippen LogP) is 3.39. The fraction of sp³-hybridized carbons (Fsp3) is 0.471. The van der Waals surface area contributed by atoms with Crippen molar-refractivity contribution in [1.82, 2.24) is 14.9 Å². The SMILES string of the molecule is Fc1ccc(CC[C@@H]2CCCN(Cc3cnc[nH]3)C2)cc1. The average Bonchev–Trinajstić information content (AvgIpc) is 3.00. The van der Waals surface area contributed by atoms with Gasteiger partial charge in [-0.05, 0) is 55.8 Å². The fourth-order valence-electron chi connectivity index (χ4n) is 3.16. The largest absolute Gasteiger partial charge is 0.347 e. The smallest absolute Gasteiger partial charge is 0.123 e. The minimum Gasteiger partial charge on any atom is -0.347 e. The number of aryl methyl sites for hydroxylation is 1. The van der Waals surface area contributed by atoms with Gasteiger partial charge in [0, 0.05) is 25.0 Å². The topological polar surface area (TPSA) is 31.9 Å². The van der Waals surface area contributed by atoms with Crippen molar-refractivity contribution in [2.45, 2.75) is 32.2 Å². The van der Waals surface area contributed by atoms with Crippen molar-refractivity contribution in [3.63, 3.8) is 0 Å². The molecule has 1 aliphatic heterocycles. The Morgan fingerprint density at radius 3 is 2.90 bits per heavy atom. The molecule has 0 amide bonds. The molecule has 21 heavy (non-hydrogen) atoms. The van der Waals surface area contributed by atoms with Gasteiger partial charge in [-0.3, -0.25) is 4.90 Å². The van der Waals surface area contributed by atoms with Crippen LogP contribution in [0.5, 0.6) is 0 Å². The van der Waals surface area contributed by atoms with Crippen molar-refractivity contribution in [2.75, 3.05) is 13.1 Å². The minimum absolute atomic E-state index is 0.151. The lowest BCUT2D eigenvalue weighted by Crippen LogP contribution is -2.35. The first-order valence-electron chi connectivity index (χ1n) is 7.73. The molecule has 1 saturated heterocycles. The molecule has 1 aromatic carbocycles. The van der Waals surface area contributed by atoms with Crippen LogP contribution in [0, 0.1) is 11.7 Å². The Labute approximate surface area is 125 Å². The van der Waals surface area contributed by atoms with Crippen molar-refractivity contribution >= 4 is 0 Å². The third kappa shape index (κ3) is 4.14. The second-order valence-corrected chi connectivity index (χ2v) is 5.99. The summed E-state index contributed by atoms with van der Waals surface area (Å²) in [5.41, 5.74) is 2.43. The van der Waals surface area contributed by atoms with E-state index >= 15 is 0 Å². The molecule has 112 valence electrons. The first-order valence-corrected chi connectivity index (χ1v) is 7.73. The molecule has 0 bridgehead atoms. The molecule has 0 radical (unpaired) electrons. The summed E-state index contributed by atoms with van der Waals surface area (Å²) >= 11 is 0. The molecule has 2 heterocycles. The van der Waals surface area contributed by atoms with Gasteiger partial charge in [0.15, 0.2) is 0 Å². The first-order chi connectivity index (χ1) is 10.3. The second-order valence-electron chi connectivity index (χ2n) is 5.99. The molecule has 3 nitrogen and oxygen atoms in total. The van der Waals surface area contributed by atoms with Gasteiger partial charge in [0.1, 0.15) is 5.82 Å². The minimum atomic E-state index is -0.151. The van der Waals surface area contributed by atoms with Gasteiger partial charge >= 0.3 is 0 Å². The van der Waals surface area contributed by atoms with E-state index in [1.165, 1.54) is 37.1 Å². The molecule has 1 N–H and O–H groups in total. The number of likely N-dealkylation sites (tertiary alicyclic amines) is 1. The zero-order chi connectivity index (χ0) is 14.5. The van der Waals surface area contributed by atoms with E-state index in [0.717, 1.165) is 25.4 Å². The van der Waals surface area contributed by atoms with Crippen LogP contribution < -0.4 is 0 Å². The van der Waals surface area contributed by atoms with Crippen LogP contribution in [0.1, 0.15) is 30.5 Å². The first kappa shape index (κ1) is 14.3. The van der Waals surface area contributed by atoms with Gasteiger partial charge in [0.2, 0.25) is 0 Å². The molecule has 1 fully saturated rings. The van der Waals surface area contributed by atoms with Gasteiger partial charge in [-0.2, -0.15) is 0 Å². The zero-order valence-corrected chi connectivity index (χ0v) is 12.3. The molecule has 4 heteroatoms. The number of aromatic amines is 1. The van der Waals surface area contributed by atoms with E-state index in [-0.39, 0.29) is 5.82 Å². The summed E-state index contributed by atoms with van der Waals surface area (Å²) < 4.78 is 12.9. The number of aromatic nitrogens is 2. The van der Waals surface area contributed by atoms with E-state index in [0.29, 0.717) is 0 Å². The number of H-pyrrole nitrogens is 1. The van der Waals surface area contributed by atoms with Gasteiger partial charge < -0.3 is 4.98 Å². The predicted molar refractivity (Wildman–Crippen MR) is 81.3 cm³/mol. The highest BCUT2D eigenvalue weighted by Crippen LogP contribution is 2.22. The van der Waals surface area contributed by atoms with Crippen molar-refractivity contribution in [3.8, 4) is 0 Å². The molecule has 1 aromatic heterocycles. The average molecular weight is 287 g/mol. The van der Waals surface area contributed by atoms with Gasteiger partial charge in [-0.1, -0.05) is 12.1 Å². The Morgan fingerprint density at radius 1 is 1.29 bits per heavy atom. The Kier molecular flexibility index (Phi) is 4.65. The molecular weight excluding hydrogens is 265 g/mol. The summed E-state index contributed by atoms with van der Waals surface area (Å²) in [6.07, 6.45) is 8.45. The summed E-state index contributed by atoms with van der Waals surface area (Å²) in [5.74, 6) is 0.592. The number of hydrogen-bond donors (Lipinski definition) is 1. The molecule has 0 saturated carbocycles. The van der Waals surface area contributed by atoms with Gasteiger partial charge in [-0.25, -0.2) is 9.37 Å². The normalized spacial score (nSPS) is 19.8. The lowest BCUT2D eigenvalue weighted by Gasteiger charge is -2.32. The van der Waals surface area contributed by atoms with Crippen molar-refractivity contribution < 1.29 is 4.39 Å². The number of nitrogens with one attached hydrogen (secondary N) is 1. The number of hydrogen-bond acceptors (Lipinski definition) is 2. The number of benzene rings is 1. The van der Waals surface area contributed by atoms with Crippen LogP contribution in [0.2, 0.25) is 0 Å². The molecule has 0 unspecified atom stereocenters. The highest BCUT2D eigenvalue weighted by Gasteiger charge is 2.20. The molecule has 3 rings (SSSR count). The standard InChI is InChI=1S/C17H22FN3/c18-16-7-5-14(6-8-16)3-4-15-2-1-9-21(11-15)12-17-10-19-13-20-17/h5-8,10,13,15H,1-4,9,11-12H2,(H,19,20)/t15-/m0/s1. The Bertz CT molecular complexity index is 536. The number of piperidine rings is 1. The Balaban J connectivity index is 1.48. The summed E-state index contributed by atoms with van der Waals surface area (Å²) in [7, 11) is 0. The highest BCUT2D eigenvalue weighted by atomic mass is 19.1. The van der Waals surface area contributed by atoms with E-state index in [2.05, 4.69) is 14.9 Å². The quantitative estimate of drug-likeness (QED) is 0.914. The maximum atomic E-state index is 12.9. The van der Waals surface area contributed by atoms with Gasteiger partial charge in [0.05, 0.1) is 6.33 Å². The maximum Gasteiger partial charge on any atom is 0.123 e. The molecular formula is C17H22FN3. The molecule has 0 spiro atoms. The summed E-state index contributed by atoms with van der Waals surface area (Å²) in [6, 6.07) is 6.92. The van der Waals surface area contributed by atoms with Gasteiger partial charge in [0.25, 0.3) is 0 Å². The second kappa shape index (κ2) is 6.85. The van der Waals surface area contributed by atoms with E-state index < -0.39 is 0 Å². The molecule has 2 aromatic rings. The van der Waals surface area contributed by atoms with Crippen LogP contribution in [-0.4, -0.2) is 28.0 Å². The Hall–Kier alpha value is -1.68. The Morgan fingerprint density at radius 2 is 2.14 bits per heavy atom. The number of imidazole rings is 1. The van der Waals surface area contributed by atoms with E-state index in [1.54, 1.807) is 18.5 Å². The lowest BCUT2D eigenvalue weighted by molar-refractivity contribution is 0.160. The maximum absolute atomic E-state index is 12.9. The summed E-state index contributed by atoms with van der Waals surface area (Å²) in [6.45, 7) is 3.29. The number of rotatable bonds is 5. The van der Waals surface area contributed by atoms with Crippen molar-refractivity contribution in [2.24, 2.45) is 5.92 Å². The molecule has 1 aliphatic rings. The van der Waals surface area contributed by atoms with Crippen molar-refractivity contribution in [3.05, 3.63) is 53.9 Å². The van der Waals surface area contributed by atoms with Crippen LogP contribution in [-0.2, 0) is 13.0 Å².